The van der Waals surface area contributed by atoms with Gasteiger partial charge in [0, 0.05) is 11.2 Å². The van der Waals surface area contributed by atoms with E-state index in [4.69, 9.17) is 0 Å². The minimum atomic E-state index is -1.10. The lowest BCUT2D eigenvalue weighted by atomic mass is 9.88. The average molecular weight is 377 g/mol. The molecule has 5 atom stereocenters. The molecule has 0 amide bonds. The summed E-state index contributed by atoms with van der Waals surface area (Å²) in [6.45, 7) is 4.99. The van der Waals surface area contributed by atoms with Crippen molar-refractivity contribution in [2.24, 2.45) is 17.8 Å². The molecule has 0 spiro atoms. The van der Waals surface area contributed by atoms with Crippen molar-refractivity contribution in [1.29, 1.82) is 0 Å². The normalized spacial score (nSPS) is 33.8. The predicted molar refractivity (Wildman–Crippen MR) is 89.3 cm³/mol. The highest BCUT2D eigenvalue weighted by Gasteiger charge is 2.76. The number of aromatic nitrogens is 3. The smallest absolute Gasteiger partial charge is 0.324 e. The van der Waals surface area contributed by atoms with Crippen LogP contribution in [-0.2, 0) is 9.59 Å². The van der Waals surface area contributed by atoms with Gasteiger partial charge in [0.05, 0.1) is 5.92 Å². The topological polar surface area (TPSA) is 119 Å². The molecule has 1 heterocycles. The number of thioether (sulfide) groups is 1. The Hall–Kier alpha value is -1.32. The Morgan fingerprint density at radius 3 is 2.54 bits per heavy atom. The minimum Gasteiger partial charge on any atom is -0.481 e. The number of halogens is 1. The Labute approximate surface area is 149 Å². The number of nitrogens with zero attached hydrogens (tertiary/aromatic N) is 3. The van der Waals surface area contributed by atoms with E-state index in [1.165, 1.54) is 18.1 Å². The fourth-order valence-electron chi connectivity index (χ4n) is 4.32. The number of fused-ring (bicyclic) bond motifs is 1. The number of carboxylic acid groups (broad SMARTS) is 2. The second-order valence-corrected chi connectivity index (χ2v) is 7.25. The van der Waals surface area contributed by atoms with E-state index in [1.54, 1.807) is 0 Å². The van der Waals surface area contributed by atoms with Gasteiger partial charge in [-0.15, -0.1) is 22.6 Å². The van der Waals surface area contributed by atoms with E-state index >= 15 is 0 Å². The third-order valence-electron chi connectivity index (χ3n) is 5.21. The number of nitrogens with one attached hydrogen (secondary N) is 1. The van der Waals surface area contributed by atoms with Gasteiger partial charge in [-0.25, -0.2) is 0 Å². The van der Waals surface area contributed by atoms with Crippen molar-refractivity contribution >= 4 is 36.1 Å². The fourth-order valence-corrected chi connectivity index (χ4v) is 5.65. The molecule has 1 aromatic rings. The highest BCUT2D eigenvalue weighted by atomic mass is 35.5. The van der Waals surface area contributed by atoms with Crippen molar-refractivity contribution in [3.05, 3.63) is 6.33 Å². The van der Waals surface area contributed by atoms with Gasteiger partial charge in [-0.3, -0.25) is 14.5 Å². The van der Waals surface area contributed by atoms with Crippen LogP contribution in [-0.4, -0.2) is 66.1 Å². The van der Waals surface area contributed by atoms with Crippen LogP contribution in [0, 0.1) is 17.8 Å². The number of carboxylic acids is 2. The molecular weight excluding hydrogens is 356 g/mol. The van der Waals surface area contributed by atoms with E-state index in [-0.39, 0.29) is 29.5 Å². The average Bonchev–Trinajstić information content (AvgIpc) is 2.88. The summed E-state index contributed by atoms with van der Waals surface area (Å²) < 4.78 is 0. The first-order valence-electron chi connectivity index (χ1n) is 7.71. The summed E-state index contributed by atoms with van der Waals surface area (Å²) in [6, 6.07) is 0. The van der Waals surface area contributed by atoms with E-state index in [1.807, 2.05) is 18.7 Å². The van der Waals surface area contributed by atoms with Gasteiger partial charge in [-0.2, -0.15) is 0 Å². The zero-order chi connectivity index (χ0) is 16.8. The first-order chi connectivity index (χ1) is 11.0. The van der Waals surface area contributed by atoms with Gasteiger partial charge < -0.3 is 15.2 Å². The fraction of sp³-hybridized carbons (Fsp3) is 0.714. The SMILES string of the molecule is CCN(CC)[C@@]1(C(=O)O)C[C@H](Sc2nnc[nH]2)[C@H]2[C@H](C(=O)O)[C@H]21.Cl. The van der Waals surface area contributed by atoms with Crippen LogP contribution in [0.25, 0.3) is 0 Å². The molecule has 1 aromatic heterocycles. The number of hydrogen-bond donors (Lipinski definition) is 3. The lowest BCUT2D eigenvalue weighted by Crippen LogP contribution is -2.56. The van der Waals surface area contributed by atoms with Crippen LogP contribution in [0.3, 0.4) is 0 Å². The van der Waals surface area contributed by atoms with Gasteiger partial charge in [-0.1, -0.05) is 25.6 Å². The third-order valence-corrected chi connectivity index (χ3v) is 6.42. The molecule has 2 saturated carbocycles. The molecule has 0 unspecified atom stereocenters. The predicted octanol–water partition coefficient (Wildman–Crippen LogP) is 1.20. The van der Waals surface area contributed by atoms with Crippen LogP contribution in [0.1, 0.15) is 20.3 Å². The maximum atomic E-state index is 12.2. The monoisotopic (exact) mass is 376 g/mol. The van der Waals surface area contributed by atoms with Crippen LogP contribution in [0.15, 0.2) is 11.5 Å². The second-order valence-electron chi connectivity index (χ2n) is 6.02. The van der Waals surface area contributed by atoms with Crippen LogP contribution >= 0.6 is 24.2 Å². The molecule has 10 heteroatoms. The molecule has 134 valence electrons. The molecule has 8 nitrogen and oxygen atoms in total. The molecule has 3 N–H and O–H groups in total. The van der Waals surface area contributed by atoms with Gasteiger partial charge in [0.2, 0.25) is 0 Å². The molecule has 2 aliphatic carbocycles. The zero-order valence-corrected chi connectivity index (χ0v) is 15.0. The molecule has 2 fully saturated rings. The van der Waals surface area contributed by atoms with E-state index in [2.05, 4.69) is 15.2 Å². The summed E-state index contributed by atoms with van der Waals surface area (Å²) in [4.78, 5) is 28.5. The maximum Gasteiger partial charge on any atom is 0.324 e. The first-order valence-corrected chi connectivity index (χ1v) is 8.59. The molecule has 0 aliphatic heterocycles. The number of likely N-dealkylation sites (N-methyl/N-ethyl adjacent to an activating group) is 1. The molecule has 3 rings (SSSR count). The van der Waals surface area contributed by atoms with Gasteiger partial charge in [0.25, 0.3) is 0 Å². The Morgan fingerprint density at radius 1 is 1.42 bits per heavy atom. The largest absolute Gasteiger partial charge is 0.481 e. The minimum absolute atomic E-state index is 0. The molecule has 0 aromatic carbocycles. The second kappa shape index (κ2) is 6.89. The molecular formula is C14H21ClN4O4S. The molecule has 0 radical (unpaired) electrons. The van der Waals surface area contributed by atoms with E-state index in [0.717, 1.165) is 0 Å². The Balaban J connectivity index is 0.00000208. The highest BCUT2D eigenvalue weighted by molar-refractivity contribution is 7.99. The van der Waals surface area contributed by atoms with Crippen molar-refractivity contribution in [1.82, 2.24) is 20.1 Å². The van der Waals surface area contributed by atoms with Crippen LogP contribution in [0.4, 0.5) is 0 Å². The van der Waals surface area contributed by atoms with Crippen LogP contribution in [0.2, 0.25) is 0 Å². The summed E-state index contributed by atoms with van der Waals surface area (Å²) in [5, 5.41) is 27.6. The summed E-state index contributed by atoms with van der Waals surface area (Å²) in [6.07, 6.45) is 1.89. The standard InChI is InChI=1S/C14H20N4O4S.ClH/c1-3-18(4-2)14(12(21)22)5-7(23-13-15-6-16-17-13)8-9(10(8)14)11(19)20;/h6-10H,3-5H2,1-2H3,(H,19,20)(H,21,22)(H,15,16,17);1H/t7-,8-,9-,10-,14-;/m0./s1. The number of aromatic amines is 1. The quantitative estimate of drug-likeness (QED) is 0.649. The third kappa shape index (κ3) is 2.68. The summed E-state index contributed by atoms with van der Waals surface area (Å²) in [5.41, 5.74) is -1.10. The summed E-state index contributed by atoms with van der Waals surface area (Å²) >= 11 is 1.40. The molecule has 0 bridgehead atoms. The molecule has 0 saturated heterocycles. The molecule has 2 aliphatic rings. The number of rotatable bonds is 7. The van der Waals surface area contributed by atoms with E-state index in [0.29, 0.717) is 24.7 Å². The first kappa shape index (κ1) is 19.0. The van der Waals surface area contributed by atoms with Gasteiger partial charge >= 0.3 is 11.9 Å². The number of carbonyl (C=O) groups is 2. The Kier molecular flexibility index (Phi) is 5.46. The highest BCUT2D eigenvalue weighted by Crippen LogP contribution is 2.67. The zero-order valence-electron chi connectivity index (χ0n) is 13.4. The lowest BCUT2D eigenvalue weighted by molar-refractivity contribution is -0.154. The van der Waals surface area contributed by atoms with E-state index < -0.39 is 23.4 Å². The Morgan fingerprint density at radius 2 is 2.08 bits per heavy atom. The summed E-state index contributed by atoms with van der Waals surface area (Å²) in [7, 11) is 0. The van der Waals surface area contributed by atoms with Gasteiger partial charge in [0.15, 0.2) is 5.16 Å². The summed E-state index contributed by atoms with van der Waals surface area (Å²) in [5.74, 6) is -2.90. The van der Waals surface area contributed by atoms with Crippen molar-refractivity contribution in [2.45, 2.75) is 36.2 Å². The van der Waals surface area contributed by atoms with Gasteiger partial charge in [0.1, 0.15) is 11.9 Å². The number of aliphatic carboxylic acids is 2. The maximum absolute atomic E-state index is 12.2. The van der Waals surface area contributed by atoms with Crippen LogP contribution in [0.5, 0.6) is 0 Å². The number of hydrogen-bond acceptors (Lipinski definition) is 6. The molecule has 24 heavy (non-hydrogen) atoms. The van der Waals surface area contributed by atoms with Crippen molar-refractivity contribution in [2.75, 3.05) is 13.1 Å². The van der Waals surface area contributed by atoms with Gasteiger partial charge in [-0.05, 0) is 25.4 Å². The van der Waals surface area contributed by atoms with Crippen molar-refractivity contribution < 1.29 is 19.8 Å². The van der Waals surface area contributed by atoms with Crippen molar-refractivity contribution in [3.8, 4) is 0 Å². The Bertz CT molecular complexity index is 612. The van der Waals surface area contributed by atoms with Crippen molar-refractivity contribution in [3.63, 3.8) is 0 Å². The number of H-pyrrole nitrogens is 1. The van der Waals surface area contributed by atoms with Crippen LogP contribution < -0.4 is 0 Å². The lowest BCUT2D eigenvalue weighted by Gasteiger charge is -2.39. The van der Waals surface area contributed by atoms with E-state index in [9.17, 15) is 19.8 Å².